The molecule has 1 aromatic heterocycles. The van der Waals surface area contributed by atoms with Crippen LogP contribution in [0.25, 0.3) is 11.5 Å². The van der Waals surface area contributed by atoms with Gasteiger partial charge in [0.05, 0.1) is 5.71 Å². The molecule has 1 N–H and O–H groups in total. The first-order valence-corrected chi connectivity index (χ1v) is 11.8. The summed E-state index contributed by atoms with van der Waals surface area (Å²) in [7, 11) is 1.63. The van der Waals surface area contributed by atoms with Crippen LogP contribution in [0.3, 0.4) is 0 Å². The Bertz CT molecular complexity index is 1280. The second kappa shape index (κ2) is 12.4. The maximum absolute atomic E-state index is 11.7. The summed E-state index contributed by atoms with van der Waals surface area (Å²) in [6.45, 7) is 2.50. The van der Waals surface area contributed by atoms with Crippen LogP contribution in [0.1, 0.15) is 35.4 Å². The van der Waals surface area contributed by atoms with E-state index in [2.05, 4.69) is 15.5 Å². The zero-order valence-electron chi connectivity index (χ0n) is 20.4. The largest absolute Gasteiger partial charge is 0.487 e. The van der Waals surface area contributed by atoms with Gasteiger partial charge in [-0.05, 0) is 42.3 Å². The third-order valence-corrected chi connectivity index (χ3v) is 5.59. The van der Waals surface area contributed by atoms with E-state index in [4.69, 9.17) is 14.0 Å². The molecule has 0 radical (unpaired) electrons. The molecule has 1 amide bonds. The minimum Gasteiger partial charge on any atom is -0.487 e. The maximum Gasteiger partial charge on any atom is 0.226 e. The van der Waals surface area contributed by atoms with Gasteiger partial charge in [0, 0.05) is 25.5 Å². The first-order valence-electron chi connectivity index (χ1n) is 11.8. The van der Waals surface area contributed by atoms with Crippen molar-refractivity contribution in [3.63, 3.8) is 0 Å². The number of aryl methyl sites for hydroxylation is 1. The molecule has 0 spiro atoms. The lowest BCUT2D eigenvalue weighted by Gasteiger charge is -2.08. The third kappa shape index (κ3) is 6.82. The van der Waals surface area contributed by atoms with Gasteiger partial charge in [0.25, 0.3) is 0 Å². The molecule has 0 aliphatic heterocycles. The van der Waals surface area contributed by atoms with Crippen LogP contribution in [-0.2, 0) is 22.8 Å². The Morgan fingerprint density at radius 1 is 0.917 bits per heavy atom. The lowest BCUT2D eigenvalue weighted by molar-refractivity contribution is -0.120. The van der Waals surface area contributed by atoms with Gasteiger partial charge in [-0.3, -0.25) is 4.79 Å². The van der Waals surface area contributed by atoms with E-state index >= 15 is 0 Å². The third-order valence-electron chi connectivity index (χ3n) is 5.59. The van der Waals surface area contributed by atoms with Gasteiger partial charge in [-0.1, -0.05) is 65.8 Å². The SMILES string of the molecule is CNC(=O)CC/C(=N/OCc1ccc(OCc2nc(-c3ccccc3)oc2C)cc1)c1ccccc1. The second-order valence-electron chi connectivity index (χ2n) is 8.17. The summed E-state index contributed by atoms with van der Waals surface area (Å²) in [6, 6.07) is 27.2. The van der Waals surface area contributed by atoms with Crippen LogP contribution in [0.15, 0.2) is 94.5 Å². The van der Waals surface area contributed by atoms with Crippen LogP contribution < -0.4 is 10.1 Å². The van der Waals surface area contributed by atoms with Crippen molar-refractivity contribution in [3.05, 3.63) is 108 Å². The van der Waals surface area contributed by atoms with E-state index in [1.807, 2.05) is 91.9 Å². The molecule has 4 aromatic rings. The number of hydrogen-bond donors (Lipinski definition) is 1. The number of oxazole rings is 1. The van der Waals surface area contributed by atoms with E-state index in [0.29, 0.717) is 31.9 Å². The number of benzene rings is 3. The van der Waals surface area contributed by atoms with Crippen LogP contribution in [0.5, 0.6) is 5.75 Å². The van der Waals surface area contributed by atoms with Gasteiger partial charge in [0.1, 0.15) is 30.4 Å². The number of hydrogen-bond acceptors (Lipinski definition) is 6. The number of nitrogens with zero attached hydrogens (tertiary/aromatic N) is 2. The minimum atomic E-state index is -0.0358. The number of rotatable bonds is 11. The van der Waals surface area contributed by atoms with E-state index in [1.165, 1.54) is 0 Å². The van der Waals surface area contributed by atoms with Gasteiger partial charge in [-0.15, -0.1) is 0 Å². The van der Waals surface area contributed by atoms with Crippen molar-refractivity contribution in [2.75, 3.05) is 7.05 Å². The molecule has 0 saturated carbocycles. The standard InChI is InChI=1S/C29H29N3O4/c1-21-27(31-29(36-21)24-11-7-4-8-12-24)20-34-25-15-13-22(14-16-25)19-35-32-26(17-18-28(33)30-2)23-9-5-3-6-10-23/h3-16H,17-20H2,1-2H3,(H,30,33)/b32-26-. The monoisotopic (exact) mass is 483 g/mol. The molecular weight excluding hydrogens is 454 g/mol. The number of oxime groups is 1. The molecule has 7 heteroatoms. The van der Waals surface area contributed by atoms with Gasteiger partial charge in [-0.25, -0.2) is 4.98 Å². The molecule has 3 aromatic carbocycles. The lowest BCUT2D eigenvalue weighted by Crippen LogP contribution is -2.19. The highest BCUT2D eigenvalue weighted by atomic mass is 16.6. The summed E-state index contributed by atoms with van der Waals surface area (Å²) >= 11 is 0. The smallest absolute Gasteiger partial charge is 0.226 e. The van der Waals surface area contributed by atoms with Crippen LogP contribution in [0.2, 0.25) is 0 Å². The van der Waals surface area contributed by atoms with E-state index in [1.54, 1.807) is 7.05 Å². The number of aromatic nitrogens is 1. The number of carbonyl (C=O) groups is 1. The molecule has 0 atom stereocenters. The Hall–Kier alpha value is -4.39. The summed E-state index contributed by atoms with van der Waals surface area (Å²) in [5.74, 6) is 2.01. The molecule has 36 heavy (non-hydrogen) atoms. The summed E-state index contributed by atoms with van der Waals surface area (Å²) in [4.78, 5) is 21.9. The number of nitrogens with one attached hydrogen (secondary N) is 1. The number of carbonyl (C=O) groups excluding carboxylic acids is 1. The van der Waals surface area contributed by atoms with Crippen LogP contribution >= 0.6 is 0 Å². The zero-order chi connectivity index (χ0) is 25.2. The van der Waals surface area contributed by atoms with E-state index < -0.39 is 0 Å². The highest BCUT2D eigenvalue weighted by Gasteiger charge is 2.12. The minimum absolute atomic E-state index is 0.0358. The molecule has 1 heterocycles. The molecule has 0 saturated heterocycles. The molecule has 4 rings (SSSR count). The predicted octanol–water partition coefficient (Wildman–Crippen LogP) is 5.68. The number of ether oxygens (including phenoxy) is 1. The summed E-state index contributed by atoms with van der Waals surface area (Å²) in [5.41, 5.74) is 4.32. The van der Waals surface area contributed by atoms with Gasteiger partial charge in [0.2, 0.25) is 11.8 Å². The van der Waals surface area contributed by atoms with Crippen molar-refractivity contribution < 1.29 is 18.8 Å². The van der Waals surface area contributed by atoms with Crippen molar-refractivity contribution in [1.82, 2.24) is 10.3 Å². The fourth-order valence-electron chi connectivity index (χ4n) is 3.51. The van der Waals surface area contributed by atoms with Crippen LogP contribution in [0.4, 0.5) is 0 Å². The molecule has 0 aliphatic rings. The first kappa shape index (κ1) is 24.7. The fraction of sp³-hybridized carbons (Fsp3) is 0.207. The van der Waals surface area contributed by atoms with E-state index in [-0.39, 0.29) is 5.91 Å². The predicted molar refractivity (Wildman–Crippen MR) is 139 cm³/mol. The molecule has 0 unspecified atom stereocenters. The zero-order valence-corrected chi connectivity index (χ0v) is 20.4. The Labute approximate surface area is 210 Å². The normalized spacial score (nSPS) is 11.2. The lowest BCUT2D eigenvalue weighted by atomic mass is 10.1. The van der Waals surface area contributed by atoms with Crippen molar-refractivity contribution >= 4 is 11.6 Å². The topological polar surface area (TPSA) is 86.0 Å². The summed E-state index contributed by atoms with van der Waals surface area (Å²) in [5, 5.41) is 6.95. The molecule has 0 aliphatic carbocycles. The van der Waals surface area contributed by atoms with Gasteiger partial charge in [-0.2, -0.15) is 0 Å². The van der Waals surface area contributed by atoms with E-state index in [9.17, 15) is 4.79 Å². The molecule has 0 fully saturated rings. The van der Waals surface area contributed by atoms with Gasteiger partial charge in [0.15, 0.2) is 0 Å². The van der Waals surface area contributed by atoms with Crippen molar-refractivity contribution in [1.29, 1.82) is 0 Å². The Kier molecular flexibility index (Phi) is 8.48. The van der Waals surface area contributed by atoms with Crippen LogP contribution in [0, 0.1) is 6.92 Å². The molecular formula is C29H29N3O4. The van der Waals surface area contributed by atoms with Gasteiger partial charge >= 0.3 is 0 Å². The first-order chi connectivity index (χ1) is 17.6. The second-order valence-corrected chi connectivity index (χ2v) is 8.17. The number of amides is 1. The van der Waals surface area contributed by atoms with E-state index in [0.717, 1.165) is 39.6 Å². The Morgan fingerprint density at radius 2 is 1.61 bits per heavy atom. The average molecular weight is 484 g/mol. The highest BCUT2D eigenvalue weighted by Crippen LogP contribution is 2.23. The fourth-order valence-corrected chi connectivity index (χ4v) is 3.51. The summed E-state index contributed by atoms with van der Waals surface area (Å²) < 4.78 is 11.7. The average Bonchev–Trinajstić information content (AvgIpc) is 3.31. The van der Waals surface area contributed by atoms with Crippen molar-refractivity contribution in [2.45, 2.75) is 33.0 Å². The van der Waals surface area contributed by atoms with Crippen LogP contribution in [-0.4, -0.2) is 23.7 Å². The van der Waals surface area contributed by atoms with Crippen molar-refractivity contribution in [2.24, 2.45) is 5.16 Å². The molecule has 184 valence electrons. The van der Waals surface area contributed by atoms with Crippen molar-refractivity contribution in [3.8, 4) is 17.2 Å². The van der Waals surface area contributed by atoms with Gasteiger partial charge < -0.3 is 19.3 Å². The molecule has 0 bridgehead atoms. The Morgan fingerprint density at radius 3 is 2.31 bits per heavy atom. The molecule has 7 nitrogen and oxygen atoms in total. The summed E-state index contributed by atoms with van der Waals surface area (Å²) in [6.07, 6.45) is 0.835. The highest BCUT2D eigenvalue weighted by molar-refractivity contribution is 6.01. The quantitative estimate of drug-likeness (QED) is 0.219. The Balaban J connectivity index is 1.32. The maximum atomic E-state index is 11.7.